The van der Waals surface area contributed by atoms with Gasteiger partial charge in [0.2, 0.25) is 0 Å². The third-order valence-electron chi connectivity index (χ3n) is 5.94. The molecule has 2 heterocycles. The lowest BCUT2D eigenvalue weighted by molar-refractivity contribution is -0.541. The summed E-state index contributed by atoms with van der Waals surface area (Å²) in [6.07, 6.45) is 1.25. The van der Waals surface area contributed by atoms with E-state index in [1.54, 1.807) is 32.6 Å². The fourth-order valence-corrected chi connectivity index (χ4v) is 3.69. The highest BCUT2D eigenvalue weighted by molar-refractivity contribution is 6.32. The molecule has 0 aliphatic carbocycles. The summed E-state index contributed by atoms with van der Waals surface area (Å²) in [7, 11) is 0. The lowest BCUT2D eigenvalue weighted by Gasteiger charge is -2.32. The molecule has 141 valence electrons. The van der Waals surface area contributed by atoms with Gasteiger partial charge in [0, 0.05) is 17.3 Å². The lowest BCUT2D eigenvalue weighted by atomic mass is 9.84. The van der Waals surface area contributed by atoms with E-state index in [0.29, 0.717) is 24.9 Å². The predicted octanol–water partition coefficient (Wildman–Crippen LogP) is 2.78. The normalized spacial score (nSPS) is 24.5. The molecular formula is C18H23ClN3O4. The SMILES string of the molecule is CC1(C)N([O])C(C2CCCN2C(=O)c2ccc(O)c(Cl)c2)=[N+]([O-])C1(C)C. The zero-order chi connectivity index (χ0) is 19.4. The summed E-state index contributed by atoms with van der Waals surface area (Å²) in [5.41, 5.74) is -1.52. The average molecular weight is 381 g/mol. The van der Waals surface area contributed by atoms with Gasteiger partial charge in [0.25, 0.3) is 5.91 Å². The molecule has 2 aliphatic rings. The quantitative estimate of drug-likeness (QED) is 0.631. The number of carbonyl (C=O) groups is 1. The van der Waals surface area contributed by atoms with Gasteiger partial charge in [-0.25, -0.2) is 0 Å². The number of hydroxylamine groups is 3. The highest BCUT2D eigenvalue weighted by atomic mass is 35.5. The Labute approximate surface area is 157 Å². The molecule has 1 radical (unpaired) electrons. The van der Waals surface area contributed by atoms with Gasteiger partial charge in [-0.05, 0) is 58.7 Å². The van der Waals surface area contributed by atoms with Crippen LogP contribution in [0.5, 0.6) is 5.75 Å². The van der Waals surface area contributed by atoms with E-state index in [9.17, 15) is 20.3 Å². The van der Waals surface area contributed by atoms with Crippen molar-refractivity contribution in [3.63, 3.8) is 0 Å². The van der Waals surface area contributed by atoms with Gasteiger partial charge in [0.1, 0.15) is 17.3 Å². The Morgan fingerprint density at radius 3 is 2.54 bits per heavy atom. The maximum atomic E-state index is 12.9. The summed E-state index contributed by atoms with van der Waals surface area (Å²) >= 11 is 5.91. The minimum Gasteiger partial charge on any atom is -0.715 e. The van der Waals surface area contributed by atoms with Crippen molar-refractivity contribution in [3.8, 4) is 5.75 Å². The Hall–Kier alpha value is -1.99. The topological polar surface area (TPSA) is 89.8 Å². The molecule has 8 heteroatoms. The van der Waals surface area contributed by atoms with Crippen LogP contribution < -0.4 is 0 Å². The zero-order valence-corrected chi connectivity index (χ0v) is 16.1. The average Bonchev–Trinajstić information content (AvgIpc) is 3.09. The van der Waals surface area contributed by atoms with Gasteiger partial charge >= 0.3 is 5.84 Å². The Balaban J connectivity index is 1.97. The second-order valence-corrected chi connectivity index (χ2v) is 8.29. The van der Waals surface area contributed by atoms with Crippen LogP contribution in [0.4, 0.5) is 0 Å². The van der Waals surface area contributed by atoms with Crippen molar-refractivity contribution in [2.24, 2.45) is 0 Å². The van der Waals surface area contributed by atoms with Crippen molar-refractivity contribution < 1.29 is 19.8 Å². The number of likely N-dealkylation sites (tertiary alicyclic amines) is 1. The van der Waals surface area contributed by atoms with Crippen LogP contribution in [0.1, 0.15) is 50.9 Å². The summed E-state index contributed by atoms with van der Waals surface area (Å²) in [5, 5.41) is 36.2. The molecule has 1 amide bonds. The third kappa shape index (κ3) is 2.53. The first-order valence-corrected chi connectivity index (χ1v) is 8.99. The minimum absolute atomic E-state index is 0.0794. The smallest absolute Gasteiger partial charge is 0.307 e. The molecule has 3 rings (SSSR count). The second kappa shape index (κ2) is 6.03. The number of rotatable bonds is 2. The Kier molecular flexibility index (Phi) is 4.36. The first-order chi connectivity index (χ1) is 12.0. The molecule has 7 nitrogen and oxygen atoms in total. The molecule has 1 saturated heterocycles. The molecule has 26 heavy (non-hydrogen) atoms. The number of phenolic OH excluding ortho intramolecular Hbond substituents is 1. The molecule has 1 aromatic rings. The van der Waals surface area contributed by atoms with Gasteiger partial charge in [-0.2, -0.15) is 0 Å². The molecule has 0 saturated carbocycles. The van der Waals surface area contributed by atoms with Crippen molar-refractivity contribution in [1.82, 2.24) is 9.96 Å². The largest absolute Gasteiger partial charge is 0.715 e. The number of halogens is 1. The van der Waals surface area contributed by atoms with Crippen LogP contribution in [0.3, 0.4) is 0 Å². The molecule has 1 atom stereocenters. The number of aromatic hydroxyl groups is 1. The first-order valence-electron chi connectivity index (χ1n) is 8.61. The first kappa shape index (κ1) is 18.8. The fraction of sp³-hybridized carbons (Fsp3) is 0.556. The van der Waals surface area contributed by atoms with Crippen LogP contribution in [-0.2, 0) is 5.21 Å². The van der Waals surface area contributed by atoms with E-state index in [0.717, 1.165) is 9.80 Å². The van der Waals surface area contributed by atoms with E-state index in [2.05, 4.69) is 0 Å². The number of hydrogen-bond donors (Lipinski definition) is 1. The van der Waals surface area contributed by atoms with Crippen LogP contribution >= 0.6 is 11.6 Å². The molecule has 1 fully saturated rings. The van der Waals surface area contributed by atoms with E-state index in [1.807, 2.05) is 0 Å². The molecule has 1 unspecified atom stereocenters. The van der Waals surface area contributed by atoms with Crippen LogP contribution in [0.15, 0.2) is 18.2 Å². The molecule has 0 aromatic heterocycles. The lowest BCUT2D eigenvalue weighted by Crippen LogP contribution is -2.54. The van der Waals surface area contributed by atoms with E-state index in [-0.39, 0.29) is 22.5 Å². The number of benzene rings is 1. The van der Waals surface area contributed by atoms with Crippen molar-refractivity contribution in [3.05, 3.63) is 34.0 Å². The maximum Gasteiger partial charge on any atom is 0.307 e. The molecule has 2 aliphatic heterocycles. The van der Waals surface area contributed by atoms with E-state index in [4.69, 9.17) is 11.6 Å². The highest BCUT2D eigenvalue weighted by Gasteiger charge is 2.62. The standard InChI is InChI=1S/C18H23ClN3O4/c1-17(2)18(3,4)22(26)15(21(17)25)13-6-5-9-20(13)16(24)11-7-8-14(23)12(19)10-11/h7-8,10,13,23H,5-6,9H2,1-4H3. The van der Waals surface area contributed by atoms with Crippen LogP contribution in [0, 0.1) is 5.21 Å². The number of amidine groups is 1. The van der Waals surface area contributed by atoms with Gasteiger partial charge in [-0.1, -0.05) is 16.7 Å². The van der Waals surface area contributed by atoms with Crippen molar-refractivity contribution >= 4 is 23.3 Å². The van der Waals surface area contributed by atoms with Crippen LogP contribution in [0.25, 0.3) is 0 Å². The number of nitrogens with zero attached hydrogens (tertiary/aromatic N) is 3. The number of amides is 1. The number of hydrogen-bond acceptors (Lipinski definition) is 4. The Bertz CT molecular complexity index is 791. The van der Waals surface area contributed by atoms with E-state index in [1.165, 1.54) is 18.2 Å². The summed E-state index contributed by atoms with van der Waals surface area (Å²) in [5.74, 6) is -0.340. The van der Waals surface area contributed by atoms with Gasteiger partial charge < -0.3 is 15.2 Å². The highest BCUT2D eigenvalue weighted by Crippen LogP contribution is 2.39. The number of phenols is 1. The summed E-state index contributed by atoms with van der Waals surface area (Å²) in [6.45, 7) is 7.39. The van der Waals surface area contributed by atoms with Crippen molar-refractivity contribution in [2.75, 3.05) is 6.54 Å². The third-order valence-corrected chi connectivity index (χ3v) is 6.24. The molecule has 0 spiro atoms. The minimum atomic E-state index is -0.913. The Morgan fingerprint density at radius 2 is 2.00 bits per heavy atom. The summed E-state index contributed by atoms with van der Waals surface area (Å²) in [6, 6.07) is 3.66. The molecule has 1 N–H and O–H groups in total. The molecule has 1 aromatic carbocycles. The van der Waals surface area contributed by atoms with Gasteiger partial charge in [0.05, 0.1) is 5.02 Å². The van der Waals surface area contributed by atoms with Gasteiger partial charge in [-0.15, -0.1) is 0 Å². The zero-order valence-electron chi connectivity index (χ0n) is 15.3. The van der Waals surface area contributed by atoms with Crippen LogP contribution in [0.2, 0.25) is 5.02 Å². The summed E-state index contributed by atoms with van der Waals surface area (Å²) in [4.78, 5) is 14.5. The maximum absolute atomic E-state index is 12.9. The van der Waals surface area contributed by atoms with E-state index < -0.39 is 17.1 Å². The monoisotopic (exact) mass is 380 g/mol. The fourth-order valence-electron chi connectivity index (χ4n) is 3.51. The second-order valence-electron chi connectivity index (χ2n) is 7.89. The van der Waals surface area contributed by atoms with Gasteiger partial charge in [0.15, 0.2) is 5.54 Å². The Morgan fingerprint density at radius 1 is 1.35 bits per heavy atom. The predicted molar refractivity (Wildman–Crippen MR) is 96.5 cm³/mol. The summed E-state index contributed by atoms with van der Waals surface area (Å²) < 4.78 is 0.764. The van der Waals surface area contributed by atoms with Crippen molar-refractivity contribution in [2.45, 2.75) is 57.7 Å². The van der Waals surface area contributed by atoms with Crippen LogP contribution in [-0.4, -0.2) is 55.2 Å². The molecule has 0 bridgehead atoms. The molecular weight excluding hydrogens is 358 g/mol. The van der Waals surface area contributed by atoms with Gasteiger partial charge in [-0.3, -0.25) is 9.53 Å². The number of carbonyl (C=O) groups excluding carboxylic acids is 1. The van der Waals surface area contributed by atoms with E-state index >= 15 is 0 Å². The van der Waals surface area contributed by atoms with Crippen molar-refractivity contribution in [1.29, 1.82) is 0 Å².